The molecule has 1 aliphatic rings. The number of hydrogen-bond acceptors (Lipinski definition) is 6. The fraction of sp³-hybridized carbons (Fsp3) is 0.280. The van der Waals surface area contributed by atoms with Crippen molar-refractivity contribution in [2.75, 3.05) is 24.5 Å². The van der Waals surface area contributed by atoms with Gasteiger partial charge in [-0.25, -0.2) is 9.97 Å². The first-order chi connectivity index (χ1) is 15.6. The summed E-state index contributed by atoms with van der Waals surface area (Å²) in [6.45, 7) is 1.74. The molecule has 0 saturated carbocycles. The Kier molecular flexibility index (Phi) is 6.73. The van der Waals surface area contributed by atoms with E-state index in [9.17, 15) is 9.90 Å². The first-order valence-electron chi connectivity index (χ1n) is 10.7. The van der Waals surface area contributed by atoms with Crippen LogP contribution in [0.4, 0.5) is 5.69 Å². The summed E-state index contributed by atoms with van der Waals surface area (Å²) in [4.78, 5) is 23.4. The zero-order valence-electron chi connectivity index (χ0n) is 17.7. The van der Waals surface area contributed by atoms with Gasteiger partial charge in [-0.05, 0) is 48.7 Å². The van der Waals surface area contributed by atoms with E-state index in [4.69, 9.17) is 10.2 Å². The Morgan fingerprint density at radius 3 is 2.50 bits per heavy atom. The molecule has 0 radical (unpaired) electrons. The van der Waals surface area contributed by atoms with E-state index in [1.54, 1.807) is 18.3 Å². The highest BCUT2D eigenvalue weighted by Gasteiger charge is 2.17. The molecule has 1 fully saturated rings. The second kappa shape index (κ2) is 10.0. The number of rotatable bonds is 6. The van der Waals surface area contributed by atoms with Crippen molar-refractivity contribution in [3.8, 4) is 17.3 Å². The lowest BCUT2D eigenvalue weighted by molar-refractivity contribution is 0.0958. The third-order valence-electron chi connectivity index (χ3n) is 5.60. The van der Waals surface area contributed by atoms with Crippen LogP contribution in [-0.4, -0.2) is 46.7 Å². The predicted molar refractivity (Wildman–Crippen MR) is 122 cm³/mol. The number of piperidine rings is 1. The van der Waals surface area contributed by atoms with Crippen LogP contribution in [0.1, 0.15) is 34.6 Å². The van der Waals surface area contributed by atoms with Crippen LogP contribution in [-0.2, 0) is 6.42 Å². The third kappa shape index (κ3) is 5.29. The molecule has 0 unspecified atom stereocenters. The van der Waals surface area contributed by atoms with Crippen LogP contribution >= 0.6 is 0 Å². The van der Waals surface area contributed by atoms with Crippen molar-refractivity contribution >= 4 is 11.6 Å². The van der Waals surface area contributed by atoms with Crippen molar-refractivity contribution in [1.29, 1.82) is 5.26 Å². The van der Waals surface area contributed by atoms with Crippen molar-refractivity contribution in [2.45, 2.75) is 25.4 Å². The highest BCUT2D eigenvalue weighted by molar-refractivity contribution is 5.94. The fourth-order valence-corrected chi connectivity index (χ4v) is 3.79. The summed E-state index contributed by atoms with van der Waals surface area (Å²) >= 11 is 0. The summed E-state index contributed by atoms with van der Waals surface area (Å²) in [6.07, 6.45) is 3.83. The van der Waals surface area contributed by atoms with E-state index in [0.29, 0.717) is 12.0 Å². The number of amides is 1. The molecular formula is C25H25N5O2. The number of aliphatic hydroxyl groups is 1. The molecule has 1 saturated heterocycles. The zero-order chi connectivity index (χ0) is 22.3. The fourth-order valence-electron chi connectivity index (χ4n) is 3.79. The Morgan fingerprint density at radius 1 is 1.09 bits per heavy atom. The number of nitrogens with zero attached hydrogens (tertiary/aromatic N) is 4. The number of benzene rings is 2. The third-order valence-corrected chi connectivity index (χ3v) is 5.60. The number of carbonyl (C=O) groups is 1. The number of carbonyl (C=O) groups excluding carboxylic acids is 1. The summed E-state index contributed by atoms with van der Waals surface area (Å²) in [7, 11) is 0. The van der Waals surface area contributed by atoms with E-state index in [-0.39, 0.29) is 18.6 Å². The van der Waals surface area contributed by atoms with Crippen LogP contribution in [0.25, 0.3) is 11.3 Å². The van der Waals surface area contributed by atoms with Gasteiger partial charge in [-0.3, -0.25) is 4.79 Å². The Balaban J connectivity index is 1.42. The summed E-state index contributed by atoms with van der Waals surface area (Å²) in [5.74, 6) is 0.456. The van der Waals surface area contributed by atoms with Crippen LogP contribution in [0.15, 0.2) is 60.8 Å². The van der Waals surface area contributed by atoms with E-state index in [1.165, 1.54) is 5.69 Å². The van der Waals surface area contributed by atoms with E-state index in [1.807, 2.05) is 24.3 Å². The Bertz CT molecular complexity index is 1100. The van der Waals surface area contributed by atoms with Crippen molar-refractivity contribution in [3.63, 3.8) is 0 Å². The van der Waals surface area contributed by atoms with Gasteiger partial charge < -0.3 is 15.3 Å². The van der Waals surface area contributed by atoms with Crippen LogP contribution < -0.4 is 10.2 Å². The first-order valence-corrected chi connectivity index (χ1v) is 10.7. The quantitative estimate of drug-likeness (QED) is 0.587. The topological polar surface area (TPSA) is 102 Å². The lowest BCUT2D eigenvalue weighted by Crippen LogP contribution is -2.35. The first kappa shape index (κ1) is 21.5. The summed E-state index contributed by atoms with van der Waals surface area (Å²) in [6, 6.07) is 19.3. The minimum Gasteiger partial charge on any atom is -0.393 e. The average Bonchev–Trinajstić information content (AvgIpc) is 2.84. The second-order valence-corrected chi connectivity index (χ2v) is 7.84. The van der Waals surface area contributed by atoms with E-state index in [2.05, 4.69) is 39.5 Å². The van der Waals surface area contributed by atoms with E-state index < -0.39 is 0 Å². The molecule has 3 aromatic rings. The normalized spacial score (nSPS) is 14.1. The maximum absolute atomic E-state index is 11.9. The van der Waals surface area contributed by atoms with Crippen molar-refractivity contribution in [3.05, 3.63) is 77.7 Å². The van der Waals surface area contributed by atoms with Gasteiger partial charge in [0.1, 0.15) is 12.4 Å². The molecule has 1 aliphatic heterocycles. The Labute approximate surface area is 187 Å². The molecule has 7 heteroatoms. The molecule has 2 N–H and O–H groups in total. The van der Waals surface area contributed by atoms with Crippen molar-refractivity contribution in [2.24, 2.45) is 0 Å². The maximum atomic E-state index is 11.9. The lowest BCUT2D eigenvalue weighted by Gasteiger charge is -2.31. The molecule has 4 rings (SSSR count). The van der Waals surface area contributed by atoms with Crippen LogP contribution in [0.2, 0.25) is 0 Å². The van der Waals surface area contributed by atoms with Crippen LogP contribution in [0.5, 0.6) is 0 Å². The van der Waals surface area contributed by atoms with Gasteiger partial charge in [0.25, 0.3) is 5.91 Å². The standard InChI is InChI=1S/C25H25N5O2/c26-12-14-28-25(32)20-5-3-19(4-6-20)23-9-13-27-24(29-23)17-18-1-7-21(8-2-18)30-15-10-22(31)11-16-30/h1-9,13,22,31H,10-11,14-17H2,(H,28,32). The highest BCUT2D eigenvalue weighted by atomic mass is 16.3. The van der Waals surface area contributed by atoms with Gasteiger partial charge in [-0.2, -0.15) is 5.26 Å². The van der Waals surface area contributed by atoms with Gasteiger partial charge in [0, 0.05) is 42.5 Å². The average molecular weight is 428 g/mol. The highest BCUT2D eigenvalue weighted by Crippen LogP contribution is 2.22. The van der Waals surface area contributed by atoms with Crippen molar-refractivity contribution < 1.29 is 9.90 Å². The van der Waals surface area contributed by atoms with Gasteiger partial charge in [-0.1, -0.05) is 24.3 Å². The van der Waals surface area contributed by atoms with Crippen LogP contribution in [0, 0.1) is 11.3 Å². The van der Waals surface area contributed by atoms with Gasteiger partial charge in [0.15, 0.2) is 0 Å². The second-order valence-electron chi connectivity index (χ2n) is 7.84. The van der Waals surface area contributed by atoms with Crippen molar-refractivity contribution in [1.82, 2.24) is 15.3 Å². The Morgan fingerprint density at radius 2 is 1.81 bits per heavy atom. The predicted octanol–water partition coefficient (Wildman–Crippen LogP) is 2.95. The molecule has 32 heavy (non-hydrogen) atoms. The number of aromatic nitrogens is 2. The molecule has 2 aromatic carbocycles. The van der Waals surface area contributed by atoms with Gasteiger partial charge in [0.2, 0.25) is 0 Å². The molecule has 0 aliphatic carbocycles. The molecule has 0 spiro atoms. The number of hydrogen-bond donors (Lipinski definition) is 2. The van der Waals surface area contributed by atoms with Gasteiger partial charge in [0.05, 0.1) is 17.9 Å². The largest absolute Gasteiger partial charge is 0.393 e. The molecule has 1 amide bonds. The van der Waals surface area contributed by atoms with E-state index in [0.717, 1.165) is 48.6 Å². The molecule has 2 heterocycles. The molecule has 1 aromatic heterocycles. The molecule has 162 valence electrons. The Hall–Kier alpha value is -3.76. The minimum atomic E-state index is -0.273. The monoisotopic (exact) mass is 427 g/mol. The van der Waals surface area contributed by atoms with Crippen LogP contribution in [0.3, 0.4) is 0 Å². The summed E-state index contributed by atoms with van der Waals surface area (Å²) < 4.78 is 0. The van der Waals surface area contributed by atoms with Gasteiger partial charge >= 0.3 is 0 Å². The molecule has 0 bridgehead atoms. The van der Waals surface area contributed by atoms with Gasteiger partial charge in [-0.15, -0.1) is 0 Å². The zero-order valence-corrected chi connectivity index (χ0v) is 17.7. The minimum absolute atomic E-state index is 0.0159. The summed E-state index contributed by atoms with van der Waals surface area (Å²) in [5, 5.41) is 20.8. The SMILES string of the molecule is N#CCNC(=O)c1ccc(-c2ccnc(Cc3ccc(N4CCC(O)CC4)cc3)n2)cc1. The smallest absolute Gasteiger partial charge is 0.252 e. The number of anilines is 1. The number of aliphatic hydroxyl groups excluding tert-OH is 1. The molecule has 0 atom stereocenters. The lowest BCUT2D eigenvalue weighted by atomic mass is 10.1. The summed E-state index contributed by atoms with van der Waals surface area (Å²) in [5.41, 5.74) is 4.50. The number of nitrogens with one attached hydrogen (secondary N) is 1. The van der Waals surface area contributed by atoms with E-state index >= 15 is 0 Å². The molecule has 7 nitrogen and oxygen atoms in total. The molecular weight excluding hydrogens is 402 g/mol. The maximum Gasteiger partial charge on any atom is 0.252 e. The number of nitriles is 1.